The highest BCUT2D eigenvalue weighted by Gasteiger charge is 2.29. The molecule has 0 radical (unpaired) electrons. The number of carbonyl (C=O) groups excluding carboxylic acids is 2. The Morgan fingerprint density at radius 1 is 0.904 bits per heavy atom. The summed E-state index contributed by atoms with van der Waals surface area (Å²) in [5, 5.41) is 2.73. The smallest absolute Gasteiger partial charge is 0.408 e. The van der Waals surface area contributed by atoms with Crippen molar-refractivity contribution in [3.63, 3.8) is 0 Å². The van der Waals surface area contributed by atoms with Crippen molar-refractivity contribution in [2.24, 2.45) is 5.92 Å². The zero-order chi connectivity index (χ0) is 36.2. The number of rotatable bonds is 12. The number of likely N-dealkylation sites (N-methyl/N-ethyl adjacent to an activating group) is 1. The van der Waals surface area contributed by atoms with Gasteiger partial charge in [0.2, 0.25) is 0 Å². The van der Waals surface area contributed by atoms with Crippen LogP contribution in [0.2, 0.25) is 0 Å². The topological polar surface area (TPSA) is 142 Å². The van der Waals surface area contributed by atoms with Gasteiger partial charge in [-0.1, -0.05) is 91.0 Å². The van der Waals surface area contributed by atoms with Gasteiger partial charge < -0.3 is 19.9 Å². The van der Waals surface area contributed by atoms with Crippen LogP contribution in [-0.2, 0) is 29.1 Å². The fourth-order valence-corrected chi connectivity index (χ4v) is 6.28. The number of amides is 2. The summed E-state index contributed by atoms with van der Waals surface area (Å²) < 4.78 is 21.9. The second-order valence-electron chi connectivity index (χ2n) is 13.0. The predicted octanol–water partition coefficient (Wildman–Crippen LogP) is 5.97. The number of halogens is 1. The Morgan fingerprint density at radius 3 is 2.27 bits per heavy atom. The Balaban J connectivity index is 1.17. The molecule has 7 rings (SSSR count). The number of hydrogen-bond donors (Lipinski definition) is 3. The fourth-order valence-electron chi connectivity index (χ4n) is 6.28. The zero-order valence-corrected chi connectivity index (χ0v) is 28.4. The molecule has 0 aliphatic heterocycles. The van der Waals surface area contributed by atoms with Crippen LogP contribution in [0.15, 0.2) is 119 Å². The van der Waals surface area contributed by atoms with Crippen molar-refractivity contribution in [2.45, 2.75) is 44.4 Å². The summed E-state index contributed by atoms with van der Waals surface area (Å²) in [5.74, 6) is -0.565. The summed E-state index contributed by atoms with van der Waals surface area (Å²) in [6.45, 7) is 0.499. The van der Waals surface area contributed by atoms with Crippen molar-refractivity contribution in [1.29, 1.82) is 0 Å². The number of imidazole rings is 1. The number of benzene rings is 4. The molecule has 2 amide bonds. The second-order valence-corrected chi connectivity index (χ2v) is 13.0. The number of nitrogens with zero attached hydrogens (tertiary/aromatic N) is 3. The maximum atomic E-state index is 15.0. The Labute approximate surface area is 298 Å². The van der Waals surface area contributed by atoms with Gasteiger partial charge in [0.05, 0.1) is 0 Å². The van der Waals surface area contributed by atoms with Gasteiger partial charge in [0.1, 0.15) is 29.8 Å². The number of carbonyl (C=O) groups is 2. The molecule has 3 N–H and O–H groups in total. The Kier molecular flexibility index (Phi) is 9.79. The van der Waals surface area contributed by atoms with E-state index >= 15 is 4.39 Å². The molecule has 2 atom stereocenters. The Bertz CT molecular complexity index is 2320. The Hall–Kier alpha value is -6.30. The molecule has 0 saturated heterocycles. The number of fused-ring (bicyclic) bond motifs is 1. The molecule has 1 fully saturated rings. The number of aromatic amines is 2. The first-order valence-electron chi connectivity index (χ1n) is 17.1. The van der Waals surface area contributed by atoms with E-state index in [0.717, 1.165) is 24.0 Å². The molecule has 6 aromatic rings. The number of hydrogen-bond acceptors (Lipinski definition) is 6. The standard InChI is InChI=1S/C40H37FN6O5/c1-46(38(49)33(28-12-6-3-7-13-28)43-40(51)52-24-26-10-4-2-5-11-26)30-20-18-27(19-21-30)31(22-29-14-8-9-15-32(29)41)35-42-34-36(44-35)47(23-25-16-17-25)39(50)45-37(34)48/h2-15,18-21,25,31,33H,16-17,22-24H2,1H3,(H,42,44)(H,43,51)(H,45,48,50). The maximum absolute atomic E-state index is 15.0. The van der Waals surface area contributed by atoms with Crippen LogP contribution in [0.3, 0.4) is 0 Å². The molecule has 0 spiro atoms. The number of aromatic nitrogens is 4. The first kappa shape index (κ1) is 34.2. The van der Waals surface area contributed by atoms with E-state index in [-0.39, 0.29) is 30.0 Å². The summed E-state index contributed by atoms with van der Waals surface area (Å²) in [6.07, 6.45) is 1.47. The highest BCUT2D eigenvalue weighted by atomic mass is 19.1. The number of ether oxygens (including phenoxy) is 1. The first-order chi connectivity index (χ1) is 25.2. The first-order valence-corrected chi connectivity index (χ1v) is 17.1. The van der Waals surface area contributed by atoms with E-state index in [1.54, 1.807) is 61.6 Å². The summed E-state index contributed by atoms with van der Waals surface area (Å²) in [6, 6.07) is 30.7. The molecule has 52 heavy (non-hydrogen) atoms. The number of anilines is 1. The third-order valence-electron chi connectivity index (χ3n) is 9.37. The lowest BCUT2D eigenvalue weighted by atomic mass is 9.91. The molecule has 1 aliphatic rings. The van der Waals surface area contributed by atoms with Gasteiger partial charge in [-0.15, -0.1) is 0 Å². The SMILES string of the molecule is CN(C(=O)C(NC(=O)OCc1ccccc1)c1ccccc1)c1ccc(C(Cc2ccccc2F)c2nc3c([nH]2)c(=O)[nH]c(=O)n3CC2CC2)cc1. The molecule has 1 aliphatic carbocycles. The lowest BCUT2D eigenvalue weighted by Crippen LogP contribution is -2.41. The van der Waals surface area contributed by atoms with Gasteiger partial charge in [0.25, 0.3) is 11.5 Å². The van der Waals surface area contributed by atoms with Crippen LogP contribution in [0.4, 0.5) is 14.9 Å². The minimum absolute atomic E-state index is 0.0475. The van der Waals surface area contributed by atoms with Crippen LogP contribution in [0, 0.1) is 11.7 Å². The highest BCUT2D eigenvalue weighted by Crippen LogP contribution is 2.33. The third-order valence-corrected chi connectivity index (χ3v) is 9.37. The number of nitrogens with one attached hydrogen (secondary N) is 3. The van der Waals surface area contributed by atoms with Gasteiger partial charge in [0, 0.05) is 25.2 Å². The van der Waals surface area contributed by atoms with E-state index in [1.807, 2.05) is 48.5 Å². The molecule has 1 saturated carbocycles. The van der Waals surface area contributed by atoms with Gasteiger partial charge in [-0.05, 0) is 65.6 Å². The maximum Gasteiger partial charge on any atom is 0.408 e. The fraction of sp³-hybridized carbons (Fsp3) is 0.225. The minimum Gasteiger partial charge on any atom is -0.445 e. The van der Waals surface area contributed by atoms with Crippen molar-refractivity contribution in [2.75, 3.05) is 11.9 Å². The molecular weight excluding hydrogens is 663 g/mol. The predicted molar refractivity (Wildman–Crippen MR) is 194 cm³/mol. The van der Waals surface area contributed by atoms with Gasteiger partial charge in [-0.25, -0.2) is 19.0 Å². The summed E-state index contributed by atoms with van der Waals surface area (Å²) >= 11 is 0. The van der Waals surface area contributed by atoms with Crippen LogP contribution < -0.4 is 21.5 Å². The highest BCUT2D eigenvalue weighted by molar-refractivity contribution is 5.99. The summed E-state index contributed by atoms with van der Waals surface area (Å²) in [5.41, 5.74) is 2.47. The quantitative estimate of drug-likeness (QED) is 0.144. The zero-order valence-electron chi connectivity index (χ0n) is 28.4. The van der Waals surface area contributed by atoms with E-state index in [1.165, 1.54) is 15.5 Å². The van der Waals surface area contributed by atoms with Gasteiger partial charge in [-0.2, -0.15) is 0 Å². The van der Waals surface area contributed by atoms with Crippen LogP contribution >= 0.6 is 0 Å². The molecule has 2 aromatic heterocycles. The van der Waals surface area contributed by atoms with Crippen molar-refractivity contribution >= 4 is 28.9 Å². The van der Waals surface area contributed by atoms with Crippen LogP contribution in [0.25, 0.3) is 11.2 Å². The minimum atomic E-state index is -1.04. The lowest BCUT2D eigenvalue weighted by molar-refractivity contribution is -0.120. The molecule has 4 aromatic carbocycles. The van der Waals surface area contributed by atoms with Crippen molar-refractivity contribution in [3.8, 4) is 0 Å². The summed E-state index contributed by atoms with van der Waals surface area (Å²) in [4.78, 5) is 64.3. The molecule has 0 bridgehead atoms. The normalized spacial score (nSPS) is 13.7. The van der Waals surface area contributed by atoms with Crippen LogP contribution in [0.5, 0.6) is 0 Å². The number of alkyl carbamates (subject to hydrolysis) is 1. The van der Waals surface area contributed by atoms with E-state index in [2.05, 4.69) is 15.3 Å². The largest absolute Gasteiger partial charge is 0.445 e. The molecule has 11 nitrogen and oxygen atoms in total. The third kappa shape index (κ3) is 7.55. The van der Waals surface area contributed by atoms with E-state index < -0.39 is 35.2 Å². The van der Waals surface area contributed by atoms with Gasteiger partial charge >= 0.3 is 11.8 Å². The molecule has 12 heteroatoms. The Morgan fingerprint density at radius 2 is 1.58 bits per heavy atom. The van der Waals surface area contributed by atoms with Gasteiger partial charge in [0.15, 0.2) is 5.65 Å². The molecule has 2 unspecified atom stereocenters. The number of H-pyrrole nitrogens is 2. The van der Waals surface area contributed by atoms with Crippen LogP contribution in [-0.4, -0.2) is 38.6 Å². The average molecular weight is 701 g/mol. The van der Waals surface area contributed by atoms with E-state index in [0.29, 0.717) is 35.1 Å². The van der Waals surface area contributed by atoms with Crippen molar-refractivity contribution in [3.05, 3.63) is 164 Å². The second kappa shape index (κ2) is 14.9. The molecular formula is C40H37FN6O5. The average Bonchev–Trinajstić information content (AvgIpc) is 3.89. The monoisotopic (exact) mass is 700 g/mol. The van der Waals surface area contributed by atoms with E-state index in [9.17, 15) is 19.2 Å². The van der Waals surface area contributed by atoms with Crippen molar-refractivity contribution in [1.82, 2.24) is 24.8 Å². The van der Waals surface area contributed by atoms with Crippen LogP contribution in [0.1, 0.15) is 52.9 Å². The summed E-state index contributed by atoms with van der Waals surface area (Å²) in [7, 11) is 1.62. The molecule has 2 heterocycles. The molecule has 264 valence electrons. The van der Waals surface area contributed by atoms with Crippen molar-refractivity contribution < 1.29 is 18.7 Å². The lowest BCUT2D eigenvalue weighted by Gasteiger charge is -2.25. The van der Waals surface area contributed by atoms with E-state index in [4.69, 9.17) is 9.72 Å². The van der Waals surface area contributed by atoms with Gasteiger partial charge in [-0.3, -0.25) is 19.1 Å².